The van der Waals surface area contributed by atoms with Gasteiger partial charge in [-0.25, -0.2) is 0 Å². The SMILES string of the molecule is Cc1cc(N2CCC(O)(CO)CC2)c2ccccc2n1. The van der Waals surface area contributed by atoms with Gasteiger partial charge in [-0.2, -0.15) is 0 Å². The van der Waals surface area contributed by atoms with Crippen molar-refractivity contribution in [2.45, 2.75) is 25.4 Å². The third kappa shape index (κ3) is 2.37. The van der Waals surface area contributed by atoms with Gasteiger partial charge in [-0.15, -0.1) is 0 Å². The van der Waals surface area contributed by atoms with E-state index in [0.717, 1.165) is 29.7 Å². The molecule has 1 aromatic heterocycles. The topological polar surface area (TPSA) is 56.6 Å². The van der Waals surface area contributed by atoms with Gasteiger partial charge in [0.05, 0.1) is 17.7 Å². The molecule has 1 saturated heterocycles. The van der Waals surface area contributed by atoms with Gasteiger partial charge in [0.1, 0.15) is 0 Å². The molecule has 4 nitrogen and oxygen atoms in total. The van der Waals surface area contributed by atoms with E-state index in [1.807, 2.05) is 25.1 Å². The Morgan fingerprint density at radius 1 is 1.25 bits per heavy atom. The second-order valence-electron chi connectivity index (χ2n) is 5.67. The van der Waals surface area contributed by atoms with Crippen LogP contribution in [-0.4, -0.2) is 40.5 Å². The van der Waals surface area contributed by atoms with Crippen molar-refractivity contribution in [2.24, 2.45) is 0 Å². The smallest absolute Gasteiger partial charge is 0.0911 e. The Labute approximate surface area is 118 Å². The number of pyridine rings is 1. The number of hydrogen-bond acceptors (Lipinski definition) is 4. The fourth-order valence-electron chi connectivity index (χ4n) is 2.87. The minimum absolute atomic E-state index is 0.156. The van der Waals surface area contributed by atoms with Gasteiger partial charge < -0.3 is 15.1 Å². The van der Waals surface area contributed by atoms with Crippen LogP contribution in [0, 0.1) is 6.92 Å². The number of aliphatic hydroxyl groups is 2. The number of fused-ring (bicyclic) bond motifs is 1. The van der Waals surface area contributed by atoms with Crippen LogP contribution in [0.5, 0.6) is 0 Å². The highest BCUT2D eigenvalue weighted by atomic mass is 16.3. The Balaban J connectivity index is 1.95. The molecule has 0 saturated carbocycles. The van der Waals surface area contributed by atoms with Gasteiger partial charge in [-0.05, 0) is 31.9 Å². The fraction of sp³-hybridized carbons (Fsp3) is 0.438. The zero-order valence-electron chi connectivity index (χ0n) is 11.7. The Hall–Kier alpha value is -1.65. The normalized spacial score (nSPS) is 18.4. The fourth-order valence-corrected chi connectivity index (χ4v) is 2.87. The van der Waals surface area contributed by atoms with Gasteiger partial charge in [-0.1, -0.05) is 18.2 Å². The third-order valence-corrected chi connectivity index (χ3v) is 4.15. The number of aryl methyl sites for hydroxylation is 1. The number of aliphatic hydroxyl groups excluding tert-OH is 1. The van der Waals surface area contributed by atoms with E-state index in [4.69, 9.17) is 0 Å². The van der Waals surface area contributed by atoms with E-state index in [1.54, 1.807) is 0 Å². The zero-order chi connectivity index (χ0) is 14.2. The van der Waals surface area contributed by atoms with E-state index in [2.05, 4.69) is 22.0 Å². The van der Waals surface area contributed by atoms with E-state index in [0.29, 0.717) is 12.8 Å². The summed E-state index contributed by atoms with van der Waals surface area (Å²) in [6.07, 6.45) is 1.19. The maximum atomic E-state index is 10.1. The number of benzene rings is 1. The minimum Gasteiger partial charge on any atom is -0.393 e. The van der Waals surface area contributed by atoms with E-state index < -0.39 is 5.60 Å². The molecule has 0 unspecified atom stereocenters. The first-order chi connectivity index (χ1) is 9.61. The van der Waals surface area contributed by atoms with Crippen molar-refractivity contribution in [3.8, 4) is 0 Å². The Kier molecular flexibility index (Phi) is 3.36. The van der Waals surface area contributed by atoms with Crippen LogP contribution in [0.4, 0.5) is 5.69 Å². The summed E-state index contributed by atoms with van der Waals surface area (Å²) in [4.78, 5) is 6.84. The number of nitrogens with zero attached hydrogens (tertiary/aromatic N) is 2. The zero-order valence-corrected chi connectivity index (χ0v) is 11.7. The Morgan fingerprint density at radius 2 is 1.95 bits per heavy atom. The minimum atomic E-state index is -0.908. The largest absolute Gasteiger partial charge is 0.393 e. The highest BCUT2D eigenvalue weighted by Crippen LogP contribution is 2.31. The van der Waals surface area contributed by atoms with Gasteiger partial charge in [-0.3, -0.25) is 4.98 Å². The summed E-state index contributed by atoms with van der Waals surface area (Å²) in [7, 11) is 0. The summed E-state index contributed by atoms with van der Waals surface area (Å²) in [5.41, 5.74) is 2.27. The summed E-state index contributed by atoms with van der Waals surface area (Å²) in [6, 6.07) is 10.2. The number of piperidine rings is 1. The van der Waals surface area contributed by atoms with Crippen molar-refractivity contribution in [1.29, 1.82) is 0 Å². The molecule has 20 heavy (non-hydrogen) atoms. The Morgan fingerprint density at radius 3 is 2.65 bits per heavy atom. The molecule has 0 bridgehead atoms. The van der Waals surface area contributed by atoms with Crippen molar-refractivity contribution in [2.75, 3.05) is 24.6 Å². The van der Waals surface area contributed by atoms with Gasteiger partial charge >= 0.3 is 0 Å². The molecule has 1 aromatic carbocycles. The van der Waals surface area contributed by atoms with Crippen LogP contribution >= 0.6 is 0 Å². The third-order valence-electron chi connectivity index (χ3n) is 4.15. The number of aromatic nitrogens is 1. The van der Waals surface area contributed by atoms with Crippen LogP contribution in [0.25, 0.3) is 10.9 Å². The molecule has 2 N–H and O–H groups in total. The van der Waals surface area contributed by atoms with Crippen LogP contribution in [0.3, 0.4) is 0 Å². The van der Waals surface area contributed by atoms with Crippen molar-refractivity contribution in [3.05, 3.63) is 36.0 Å². The van der Waals surface area contributed by atoms with Crippen molar-refractivity contribution >= 4 is 16.6 Å². The molecule has 2 aromatic rings. The van der Waals surface area contributed by atoms with Crippen LogP contribution in [0.15, 0.2) is 30.3 Å². The van der Waals surface area contributed by atoms with E-state index in [9.17, 15) is 10.2 Å². The molecule has 1 fully saturated rings. The van der Waals surface area contributed by atoms with Gasteiger partial charge in [0, 0.05) is 29.9 Å². The number of para-hydroxylation sites is 1. The maximum Gasteiger partial charge on any atom is 0.0911 e. The quantitative estimate of drug-likeness (QED) is 0.876. The molecule has 3 rings (SSSR count). The van der Waals surface area contributed by atoms with Gasteiger partial charge in [0.25, 0.3) is 0 Å². The molecule has 0 atom stereocenters. The summed E-state index contributed by atoms with van der Waals surface area (Å²) >= 11 is 0. The van der Waals surface area contributed by atoms with Crippen molar-refractivity contribution in [3.63, 3.8) is 0 Å². The molecule has 1 aliphatic rings. The van der Waals surface area contributed by atoms with Gasteiger partial charge in [0.2, 0.25) is 0 Å². The Bertz CT molecular complexity index is 619. The van der Waals surface area contributed by atoms with Crippen molar-refractivity contribution in [1.82, 2.24) is 4.98 Å². The maximum absolute atomic E-state index is 10.1. The standard InChI is InChI=1S/C16H20N2O2/c1-12-10-15(13-4-2-3-5-14(13)17-12)18-8-6-16(20,11-19)7-9-18/h2-5,10,19-20H,6-9,11H2,1H3. The number of rotatable bonds is 2. The lowest BCUT2D eigenvalue weighted by Gasteiger charge is -2.38. The molecule has 2 heterocycles. The molecule has 106 valence electrons. The summed E-state index contributed by atoms with van der Waals surface area (Å²) in [6.45, 7) is 3.36. The van der Waals surface area contributed by atoms with E-state index in [-0.39, 0.29) is 6.61 Å². The number of anilines is 1. The molecule has 1 aliphatic heterocycles. The predicted molar refractivity (Wildman–Crippen MR) is 80.0 cm³/mol. The monoisotopic (exact) mass is 272 g/mol. The molecule has 0 amide bonds. The van der Waals surface area contributed by atoms with Crippen LogP contribution in [-0.2, 0) is 0 Å². The van der Waals surface area contributed by atoms with Crippen LogP contribution in [0.1, 0.15) is 18.5 Å². The highest BCUT2D eigenvalue weighted by Gasteiger charge is 2.32. The lowest BCUT2D eigenvalue weighted by atomic mass is 9.92. The van der Waals surface area contributed by atoms with Crippen LogP contribution < -0.4 is 4.90 Å². The lowest BCUT2D eigenvalue weighted by molar-refractivity contribution is -0.0325. The van der Waals surface area contributed by atoms with Crippen molar-refractivity contribution < 1.29 is 10.2 Å². The molecular formula is C16H20N2O2. The molecule has 0 spiro atoms. The summed E-state index contributed by atoms with van der Waals surface area (Å²) in [5, 5.41) is 20.5. The molecular weight excluding hydrogens is 252 g/mol. The van der Waals surface area contributed by atoms with E-state index >= 15 is 0 Å². The van der Waals surface area contributed by atoms with Crippen LogP contribution in [0.2, 0.25) is 0 Å². The average Bonchev–Trinajstić information content (AvgIpc) is 2.47. The molecule has 0 radical (unpaired) electrons. The average molecular weight is 272 g/mol. The number of hydrogen-bond donors (Lipinski definition) is 2. The first-order valence-corrected chi connectivity index (χ1v) is 7.06. The highest BCUT2D eigenvalue weighted by molar-refractivity contribution is 5.92. The first-order valence-electron chi connectivity index (χ1n) is 7.06. The lowest BCUT2D eigenvalue weighted by Crippen LogP contribution is -2.46. The second-order valence-corrected chi connectivity index (χ2v) is 5.67. The molecule has 4 heteroatoms. The molecule has 0 aliphatic carbocycles. The van der Waals surface area contributed by atoms with Gasteiger partial charge in [0.15, 0.2) is 0 Å². The first kappa shape index (κ1) is 13.3. The second kappa shape index (κ2) is 5.04. The summed E-state index contributed by atoms with van der Waals surface area (Å²) < 4.78 is 0. The summed E-state index contributed by atoms with van der Waals surface area (Å²) in [5.74, 6) is 0. The van der Waals surface area contributed by atoms with E-state index in [1.165, 1.54) is 5.69 Å². The predicted octanol–water partition coefficient (Wildman–Crippen LogP) is 1.87.